The second-order valence-electron chi connectivity index (χ2n) is 12.0. The number of benzene rings is 1. The van der Waals surface area contributed by atoms with Crippen molar-refractivity contribution in [2.45, 2.75) is 115 Å². The predicted molar refractivity (Wildman–Crippen MR) is 150 cm³/mol. The Morgan fingerprint density at radius 3 is 2.31 bits per heavy atom. The number of hydrogen-bond donors (Lipinski definition) is 4. The molecule has 1 aromatic carbocycles. The minimum absolute atomic E-state index is 0.296. The fourth-order valence-corrected chi connectivity index (χ4v) is 6.40. The van der Waals surface area contributed by atoms with E-state index < -0.39 is 0 Å². The molecule has 3 aliphatic rings. The highest BCUT2D eigenvalue weighted by Gasteiger charge is 2.28. The Morgan fingerprint density at radius 2 is 1.56 bits per heavy atom. The Labute approximate surface area is 220 Å². The summed E-state index contributed by atoms with van der Waals surface area (Å²) in [5, 5.41) is 14.9. The first-order chi connectivity index (χ1) is 17.5. The first-order valence-corrected chi connectivity index (χ1v) is 14.7. The van der Waals surface area contributed by atoms with Crippen LogP contribution in [0.1, 0.15) is 76.3 Å². The van der Waals surface area contributed by atoms with Crippen molar-refractivity contribution in [1.82, 2.24) is 16.0 Å². The molecule has 3 saturated heterocycles. The maximum Gasteiger partial charge on any atom is 0.0623 e. The first-order valence-electron chi connectivity index (χ1n) is 14.7. The molecule has 7 atom stereocenters. The summed E-state index contributed by atoms with van der Waals surface area (Å²) in [6.45, 7) is 13.7. The summed E-state index contributed by atoms with van der Waals surface area (Å²) in [7, 11) is 0. The molecule has 1 aromatic rings. The highest BCUT2D eigenvalue weighted by atomic mass is 16.5. The topological polar surface area (TPSA) is 66.6 Å². The van der Waals surface area contributed by atoms with Gasteiger partial charge in [0.25, 0.3) is 0 Å². The van der Waals surface area contributed by atoms with Gasteiger partial charge in [0.1, 0.15) is 0 Å². The number of nitrogens with one attached hydrogen (secondary N) is 4. The van der Waals surface area contributed by atoms with E-state index in [4.69, 9.17) is 9.47 Å². The first kappa shape index (κ1) is 27.8. The van der Waals surface area contributed by atoms with E-state index >= 15 is 0 Å². The average Bonchev–Trinajstić information content (AvgIpc) is 3.61. The van der Waals surface area contributed by atoms with Crippen molar-refractivity contribution in [1.29, 1.82) is 0 Å². The van der Waals surface area contributed by atoms with Crippen molar-refractivity contribution in [3.63, 3.8) is 0 Å². The van der Waals surface area contributed by atoms with Gasteiger partial charge in [-0.2, -0.15) is 0 Å². The van der Waals surface area contributed by atoms with Gasteiger partial charge in [-0.05, 0) is 95.7 Å². The quantitative estimate of drug-likeness (QED) is 0.301. The molecule has 0 saturated carbocycles. The van der Waals surface area contributed by atoms with E-state index in [9.17, 15) is 0 Å². The lowest BCUT2D eigenvalue weighted by Crippen LogP contribution is -2.38. The maximum absolute atomic E-state index is 6.31. The largest absolute Gasteiger partial charge is 0.383 e. The zero-order chi connectivity index (χ0) is 25.3. The van der Waals surface area contributed by atoms with Crippen molar-refractivity contribution in [3.05, 3.63) is 29.3 Å². The predicted octanol–water partition coefficient (Wildman–Crippen LogP) is 4.55. The molecule has 4 rings (SSSR count). The van der Waals surface area contributed by atoms with Gasteiger partial charge in [0.15, 0.2) is 0 Å². The number of rotatable bonds is 14. The van der Waals surface area contributed by atoms with Gasteiger partial charge in [-0.25, -0.2) is 0 Å². The Bertz CT molecular complexity index is 764. The number of aryl methyl sites for hydroxylation is 2. The molecule has 204 valence electrons. The molecule has 0 amide bonds. The summed E-state index contributed by atoms with van der Waals surface area (Å²) in [6, 6.07) is 9.30. The summed E-state index contributed by atoms with van der Waals surface area (Å²) < 4.78 is 12.3. The second kappa shape index (κ2) is 14.1. The van der Waals surface area contributed by atoms with Crippen LogP contribution in [0.15, 0.2) is 18.2 Å². The Balaban J connectivity index is 1.05. The van der Waals surface area contributed by atoms with Crippen LogP contribution in [0, 0.1) is 19.8 Å². The third kappa shape index (κ3) is 8.70. The van der Waals surface area contributed by atoms with Crippen LogP contribution in [0.5, 0.6) is 0 Å². The van der Waals surface area contributed by atoms with Crippen molar-refractivity contribution in [3.8, 4) is 0 Å². The summed E-state index contributed by atoms with van der Waals surface area (Å²) in [5.41, 5.74) is 3.95. The van der Waals surface area contributed by atoms with Crippen molar-refractivity contribution >= 4 is 5.69 Å². The average molecular weight is 501 g/mol. The van der Waals surface area contributed by atoms with Gasteiger partial charge in [0.05, 0.1) is 19.3 Å². The maximum atomic E-state index is 6.31. The van der Waals surface area contributed by atoms with E-state index in [1.165, 1.54) is 61.8 Å². The Morgan fingerprint density at radius 1 is 0.861 bits per heavy atom. The van der Waals surface area contributed by atoms with Gasteiger partial charge in [-0.1, -0.05) is 25.1 Å². The summed E-state index contributed by atoms with van der Waals surface area (Å²) in [4.78, 5) is 0. The van der Waals surface area contributed by atoms with E-state index in [0.29, 0.717) is 42.2 Å². The Hall–Kier alpha value is -1.18. The van der Waals surface area contributed by atoms with Crippen LogP contribution in [0.2, 0.25) is 0 Å². The molecule has 36 heavy (non-hydrogen) atoms. The van der Waals surface area contributed by atoms with Crippen molar-refractivity contribution < 1.29 is 9.47 Å². The zero-order valence-electron chi connectivity index (χ0n) is 23.3. The van der Waals surface area contributed by atoms with Crippen LogP contribution >= 0.6 is 0 Å². The summed E-state index contributed by atoms with van der Waals surface area (Å²) in [5.74, 6) is 0.605. The van der Waals surface area contributed by atoms with E-state index in [-0.39, 0.29) is 0 Å². The van der Waals surface area contributed by atoms with Crippen LogP contribution in [0.25, 0.3) is 0 Å². The van der Waals surface area contributed by atoms with Gasteiger partial charge in [0.2, 0.25) is 0 Å². The number of ether oxygens (including phenoxy) is 2. The summed E-state index contributed by atoms with van der Waals surface area (Å²) >= 11 is 0. The van der Waals surface area contributed by atoms with Gasteiger partial charge in [-0.3, -0.25) is 0 Å². The monoisotopic (exact) mass is 500 g/mol. The molecular formula is C30H52N4O2. The molecule has 3 aliphatic heterocycles. The standard InChI is InChI=1S/C30H52N4O2/c1-21(18-35-19-28-9-6-14-31-28)15-25-11-13-29(34-25)20-36-24(4)16-26-10-12-27(33-26)17-32-30-22(2)7-5-8-23(30)3/h5,7-8,21,24-29,31-34H,6,9-20H2,1-4H3/t21?,24?,25?,26?,27-,28?,29-/m0/s1. The van der Waals surface area contributed by atoms with Gasteiger partial charge in [0, 0.05) is 49.0 Å². The Kier molecular flexibility index (Phi) is 10.9. The number of para-hydroxylation sites is 1. The van der Waals surface area contributed by atoms with E-state index in [0.717, 1.165) is 39.3 Å². The van der Waals surface area contributed by atoms with Crippen LogP contribution in [0.3, 0.4) is 0 Å². The summed E-state index contributed by atoms with van der Waals surface area (Å²) in [6.07, 6.45) is 10.1. The molecule has 3 fully saturated rings. The van der Waals surface area contributed by atoms with Crippen molar-refractivity contribution in [2.24, 2.45) is 5.92 Å². The molecule has 0 bridgehead atoms. The molecule has 3 heterocycles. The molecule has 0 radical (unpaired) electrons. The van der Waals surface area contributed by atoms with Crippen LogP contribution < -0.4 is 21.3 Å². The molecule has 4 N–H and O–H groups in total. The molecule has 0 spiro atoms. The fourth-order valence-electron chi connectivity index (χ4n) is 6.40. The normalized spacial score (nSPS) is 30.1. The van der Waals surface area contributed by atoms with E-state index in [2.05, 4.69) is 67.2 Å². The fraction of sp³-hybridized carbons (Fsp3) is 0.800. The number of hydrogen-bond acceptors (Lipinski definition) is 6. The molecule has 5 unspecified atom stereocenters. The third-order valence-corrected chi connectivity index (χ3v) is 8.45. The molecular weight excluding hydrogens is 448 g/mol. The third-order valence-electron chi connectivity index (χ3n) is 8.45. The minimum atomic E-state index is 0.296. The van der Waals surface area contributed by atoms with Gasteiger partial charge < -0.3 is 30.7 Å². The lowest BCUT2D eigenvalue weighted by molar-refractivity contribution is 0.0409. The van der Waals surface area contributed by atoms with Crippen molar-refractivity contribution in [2.75, 3.05) is 38.2 Å². The highest BCUT2D eigenvalue weighted by molar-refractivity contribution is 5.56. The smallest absolute Gasteiger partial charge is 0.0623 e. The van der Waals surface area contributed by atoms with E-state index in [1.807, 2.05) is 0 Å². The second-order valence-corrected chi connectivity index (χ2v) is 12.0. The van der Waals surface area contributed by atoms with Crippen LogP contribution in [-0.4, -0.2) is 69.2 Å². The van der Waals surface area contributed by atoms with E-state index in [1.54, 1.807) is 0 Å². The molecule has 6 heteroatoms. The molecule has 0 aromatic heterocycles. The lowest BCUT2D eigenvalue weighted by Gasteiger charge is -2.22. The zero-order valence-corrected chi connectivity index (χ0v) is 23.3. The van der Waals surface area contributed by atoms with Gasteiger partial charge in [-0.15, -0.1) is 0 Å². The SMILES string of the molecule is Cc1cccc(C)c1NC[C@@H]1CCC(CC(C)OC[C@@H]2CCC(CC(C)COCC3CCCN3)N2)N1. The lowest BCUT2D eigenvalue weighted by atomic mass is 10.0. The minimum Gasteiger partial charge on any atom is -0.383 e. The molecule has 6 nitrogen and oxygen atoms in total. The van der Waals surface area contributed by atoms with Gasteiger partial charge >= 0.3 is 0 Å². The van der Waals surface area contributed by atoms with Crippen LogP contribution in [-0.2, 0) is 9.47 Å². The molecule has 0 aliphatic carbocycles. The number of anilines is 1. The van der Waals surface area contributed by atoms with Crippen LogP contribution in [0.4, 0.5) is 5.69 Å². The highest BCUT2D eigenvalue weighted by Crippen LogP contribution is 2.23.